The lowest BCUT2D eigenvalue weighted by atomic mass is 10.0. The van der Waals surface area contributed by atoms with E-state index in [1.807, 2.05) is 36.3 Å². The number of aryl methyl sites for hydroxylation is 1. The number of rotatable bonds is 6. The van der Waals surface area contributed by atoms with E-state index >= 15 is 0 Å². The molecule has 1 fully saturated rings. The predicted octanol–water partition coefficient (Wildman–Crippen LogP) is 1.74. The first kappa shape index (κ1) is 17.4. The maximum absolute atomic E-state index is 12.2. The first-order chi connectivity index (χ1) is 11.1. The van der Waals surface area contributed by atoms with Crippen LogP contribution >= 0.6 is 0 Å². The van der Waals surface area contributed by atoms with Gasteiger partial charge in [-0.3, -0.25) is 9.63 Å². The van der Waals surface area contributed by atoms with Crippen LogP contribution in [0, 0.1) is 6.92 Å². The zero-order chi connectivity index (χ0) is 16.7. The quantitative estimate of drug-likeness (QED) is 0.809. The van der Waals surface area contributed by atoms with Gasteiger partial charge >= 0.3 is 5.97 Å². The zero-order valence-corrected chi connectivity index (χ0v) is 13.7. The summed E-state index contributed by atoms with van der Waals surface area (Å²) >= 11 is 0. The Morgan fingerprint density at radius 2 is 2.22 bits per heavy atom. The van der Waals surface area contributed by atoms with E-state index in [1.54, 1.807) is 0 Å². The molecule has 1 N–H and O–H groups in total. The van der Waals surface area contributed by atoms with Gasteiger partial charge in [0.25, 0.3) is 0 Å². The molecule has 1 aromatic rings. The van der Waals surface area contributed by atoms with Gasteiger partial charge in [-0.25, -0.2) is 4.79 Å². The van der Waals surface area contributed by atoms with Gasteiger partial charge in [-0.1, -0.05) is 29.8 Å². The van der Waals surface area contributed by atoms with Crippen molar-refractivity contribution in [2.24, 2.45) is 0 Å². The van der Waals surface area contributed by atoms with Crippen LogP contribution in [0.1, 0.15) is 36.4 Å². The second-order valence-electron chi connectivity index (χ2n) is 5.66. The molecule has 0 unspecified atom stereocenters. The first-order valence-electron chi connectivity index (χ1n) is 7.92. The van der Waals surface area contributed by atoms with Crippen molar-refractivity contribution in [3.63, 3.8) is 0 Å². The number of amides is 1. The van der Waals surface area contributed by atoms with Gasteiger partial charge in [0.15, 0.2) is 6.04 Å². The number of nitrogens with zero attached hydrogens (tertiary/aromatic N) is 1. The summed E-state index contributed by atoms with van der Waals surface area (Å²) in [4.78, 5) is 29.6. The summed E-state index contributed by atoms with van der Waals surface area (Å²) in [5, 5.41) is 4.56. The molecule has 1 aliphatic rings. The number of nitrogens with one attached hydrogen (secondary N) is 1. The highest BCUT2D eigenvalue weighted by atomic mass is 16.7. The summed E-state index contributed by atoms with van der Waals surface area (Å²) in [7, 11) is 1.32. The third kappa shape index (κ3) is 5.33. The number of esters is 1. The Bertz CT molecular complexity index is 541. The molecule has 6 heteroatoms. The van der Waals surface area contributed by atoms with Gasteiger partial charge in [0, 0.05) is 19.5 Å². The van der Waals surface area contributed by atoms with Gasteiger partial charge in [-0.2, -0.15) is 5.06 Å². The van der Waals surface area contributed by atoms with Gasteiger partial charge in [0.1, 0.15) is 0 Å². The van der Waals surface area contributed by atoms with E-state index in [-0.39, 0.29) is 12.3 Å². The Morgan fingerprint density at radius 3 is 2.87 bits per heavy atom. The Morgan fingerprint density at radius 1 is 1.39 bits per heavy atom. The minimum absolute atomic E-state index is 0.198. The average Bonchev–Trinajstić information content (AvgIpc) is 2.58. The van der Waals surface area contributed by atoms with Crippen LogP contribution in [0.2, 0.25) is 0 Å². The number of benzene rings is 1. The molecule has 1 aromatic carbocycles. The van der Waals surface area contributed by atoms with E-state index in [0.717, 1.165) is 30.5 Å². The van der Waals surface area contributed by atoms with E-state index in [0.29, 0.717) is 13.2 Å². The Hall–Kier alpha value is -1.92. The van der Waals surface area contributed by atoms with Crippen molar-refractivity contribution < 1.29 is 19.2 Å². The van der Waals surface area contributed by atoms with E-state index in [2.05, 4.69) is 5.32 Å². The summed E-state index contributed by atoms with van der Waals surface area (Å²) in [6.45, 7) is 4.00. The molecular formula is C17H24N2O4. The fraction of sp³-hybridized carbons (Fsp3) is 0.529. The monoisotopic (exact) mass is 320 g/mol. The van der Waals surface area contributed by atoms with Gasteiger partial charge in [0.05, 0.1) is 13.7 Å². The second kappa shape index (κ2) is 8.64. The summed E-state index contributed by atoms with van der Waals surface area (Å²) in [5.74, 6) is -0.672. The molecule has 0 radical (unpaired) electrons. The zero-order valence-electron chi connectivity index (χ0n) is 13.7. The summed E-state index contributed by atoms with van der Waals surface area (Å²) in [6.07, 6.45) is 2.41. The van der Waals surface area contributed by atoms with Crippen molar-refractivity contribution in [2.75, 3.05) is 26.8 Å². The van der Waals surface area contributed by atoms with Gasteiger partial charge in [-0.15, -0.1) is 0 Å². The minimum Gasteiger partial charge on any atom is -0.467 e. The van der Waals surface area contributed by atoms with Gasteiger partial charge in [0.2, 0.25) is 5.91 Å². The molecule has 126 valence electrons. The number of methoxy groups -OCH3 is 1. The highest BCUT2D eigenvalue weighted by Gasteiger charge is 2.24. The summed E-state index contributed by atoms with van der Waals surface area (Å²) in [6, 6.07) is 6.69. The van der Waals surface area contributed by atoms with Gasteiger partial charge in [-0.05, 0) is 25.3 Å². The van der Waals surface area contributed by atoms with Crippen molar-refractivity contribution in [3.05, 3.63) is 35.4 Å². The summed E-state index contributed by atoms with van der Waals surface area (Å²) < 4.78 is 4.81. The molecule has 23 heavy (non-hydrogen) atoms. The molecule has 1 heterocycles. The number of hydrogen-bond donors (Lipinski definition) is 1. The fourth-order valence-corrected chi connectivity index (χ4v) is 2.53. The van der Waals surface area contributed by atoms with E-state index in [1.165, 1.54) is 7.11 Å². The first-order valence-corrected chi connectivity index (χ1v) is 7.92. The highest BCUT2D eigenvalue weighted by molar-refractivity contribution is 5.85. The van der Waals surface area contributed by atoms with Crippen LogP contribution < -0.4 is 5.32 Å². The molecule has 1 aliphatic heterocycles. The lowest BCUT2D eigenvalue weighted by molar-refractivity contribution is -0.181. The fourth-order valence-electron chi connectivity index (χ4n) is 2.53. The van der Waals surface area contributed by atoms with Crippen LogP contribution in [0.25, 0.3) is 0 Å². The molecule has 6 nitrogen and oxygen atoms in total. The van der Waals surface area contributed by atoms with Crippen LogP contribution in [0.4, 0.5) is 0 Å². The smallest absolute Gasteiger partial charge is 0.333 e. The lowest BCUT2D eigenvalue weighted by Gasteiger charge is -2.26. The van der Waals surface area contributed by atoms with Crippen LogP contribution in [-0.4, -0.2) is 43.7 Å². The number of hydroxylamine groups is 2. The van der Waals surface area contributed by atoms with E-state index in [4.69, 9.17) is 9.57 Å². The molecule has 0 spiro atoms. The number of carbonyl (C=O) groups is 2. The SMILES string of the molecule is COC(=O)[C@@H](NC(=O)CCN1CCCCO1)c1cccc(C)c1. The molecule has 1 amide bonds. The maximum atomic E-state index is 12.2. The molecular weight excluding hydrogens is 296 g/mol. The lowest BCUT2D eigenvalue weighted by Crippen LogP contribution is -2.38. The largest absolute Gasteiger partial charge is 0.467 e. The standard InChI is InChI=1S/C17H24N2O4/c1-13-6-5-7-14(12-13)16(17(21)22-2)18-15(20)8-10-19-9-3-4-11-23-19/h5-7,12,16H,3-4,8-11H2,1-2H3,(H,18,20)/t16-/m0/s1. The van der Waals surface area contributed by atoms with Crippen LogP contribution in [-0.2, 0) is 19.2 Å². The normalized spacial score (nSPS) is 16.6. The number of carbonyl (C=O) groups excluding carboxylic acids is 2. The molecule has 0 saturated carbocycles. The molecule has 2 rings (SSSR count). The maximum Gasteiger partial charge on any atom is 0.333 e. The third-order valence-corrected chi connectivity index (χ3v) is 3.78. The highest BCUT2D eigenvalue weighted by Crippen LogP contribution is 2.16. The molecule has 0 aliphatic carbocycles. The third-order valence-electron chi connectivity index (χ3n) is 3.78. The van der Waals surface area contributed by atoms with Crippen molar-refractivity contribution in [3.8, 4) is 0 Å². The van der Waals surface area contributed by atoms with Crippen LogP contribution in [0.5, 0.6) is 0 Å². The Balaban J connectivity index is 1.94. The Kier molecular flexibility index (Phi) is 6.55. The number of hydrogen-bond acceptors (Lipinski definition) is 5. The minimum atomic E-state index is -0.783. The van der Waals surface area contributed by atoms with Crippen LogP contribution in [0.15, 0.2) is 24.3 Å². The van der Waals surface area contributed by atoms with E-state index in [9.17, 15) is 9.59 Å². The second-order valence-corrected chi connectivity index (χ2v) is 5.66. The molecule has 1 saturated heterocycles. The van der Waals surface area contributed by atoms with Crippen molar-refractivity contribution in [1.82, 2.24) is 10.4 Å². The molecule has 0 aromatic heterocycles. The van der Waals surface area contributed by atoms with E-state index < -0.39 is 12.0 Å². The Labute approximate surface area is 136 Å². The van der Waals surface area contributed by atoms with Gasteiger partial charge < -0.3 is 10.1 Å². The van der Waals surface area contributed by atoms with Crippen molar-refractivity contribution in [1.29, 1.82) is 0 Å². The van der Waals surface area contributed by atoms with Crippen LogP contribution in [0.3, 0.4) is 0 Å². The van der Waals surface area contributed by atoms with Crippen molar-refractivity contribution >= 4 is 11.9 Å². The topological polar surface area (TPSA) is 67.9 Å². The number of ether oxygens (including phenoxy) is 1. The molecule has 0 bridgehead atoms. The predicted molar refractivity (Wildman–Crippen MR) is 85.5 cm³/mol. The van der Waals surface area contributed by atoms with Crippen molar-refractivity contribution in [2.45, 2.75) is 32.2 Å². The summed E-state index contributed by atoms with van der Waals surface area (Å²) in [5.41, 5.74) is 1.74. The molecule has 1 atom stereocenters. The average molecular weight is 320 g/mol.